The van der Waals surface area contributed by atoms with Crippen molar-refractivity contribution in [2.75, 3.05) is 11.5 Å². The van der Waals surface area contributed by atoms with Crippen LogP contribution in [0.4, 0.5) is 5.13 Å². The van der Waals surface area contributed by atoms with Gasteiger partial charge in [0.15, 0.2) is 22.7 Å². The van der Waals surface area contributed by atoms with Gasteiger partial charge in [-0.2, -0.15) is 4.73 Å². The summed E-state index contributed by atoms with van der Waals surface area (Å²) in [5.41, 5.74) is 4.51. The molecule has 2 aliphatic rings. The molecule has 14 nitrogen and oxygen atoms in total. The fraction of sp³-hybridized carbons (Fsp3) is 0.333. The van der Waals surface area contributed by atoms with E-state index in [-0.39, 0.29) is 33.8 Å². The van der Waals surface area contributed by atoms with Crippen molar-refractivity contribution >= 4 is 51.7 Å². The lowest BCUT2D eigenvalue weighted by molar-refractivity contribution is -0.150. The summed E-state index contributed by atoms with van der Waals surface area (Å²) in [6.45, 7) is 3.43. The Balaban J connectivity index is 1.61. The molecule has 0 bridgehead atoms. The van der Waals surface area contributed by atoms with E-state index in [9.17, 15) is 34.6 Å². The van der Waals surface area contributed by atoms with Gasteiger partial charge >= 0.3 is 5.97 Å². The number of rotatable bonds is 8. The average molecular weight is 551 g/mol. The molecule has 0 saturated carbocycles. The number of nitrogens with two attached hydrogens (primary N) is 1. The summed E-state index contributed by atoms with van der Waals surface area (Å²) in [6, 6.07) is -0.0340. The van der Waals surface area contributed by atoms with Crippen LogP contribution in [0.5, 0.6) is 5.75 Å². The number of carboxylic acid groups (broad SMARTS) is 1. The highest BCUT2D eigenvalue weighted by Gasteiger charge is 2.53. The zero-order valence-corrected chi connectivity index (χ0v) is 21.0. The molecule has 0 radical (unpaired) electrons. The minimum Gasteiger partial charge on any atom is -0.503 e. The maximum Gasteiger partial charge on any atom is 0.352 e. The van der Waals surface area contributed by atoms with Gasteiger partial charge in [0, 0.05) is 17.2 Å². The number of hydrogen-bond donors (Lipinski definition) is 5. The quantitative estimate of drug-likeness (QED) is 0.131. The molecule has 1 saturated heterocycles. The van der Waals surface area contributed by atoms with E-state index in [4.69, 9.17) is 10.6 Å². The van der Waals surface area contributed by atoms with E-state index in [0.29, 0.717) is 10.5 Å². The highest BCUT2D eigenvalue weighted by molar-refractivity contribution is 8.00. The van der Waals surface area contributed by atoms with Crippen LogP contribution in [0, 0.1) is 5.92 Å². The molecule has 3 atom stereocenters. The fourth-order valence-electron chi connectivity index (χ4n) is 3.72. The number of nitrogens with one attached hydrogen (secondary N) is 1. The van der Waals surface area contributed by atoms with Gasteiger partial charge in [-0.15, -0.1) is 23.1 Å². The number of carbonyl (C=O) groups is 3. The minimum absolute atomic E-state index is 0.0319. The third-order valence-electron chi connectivity index (χ3n) is 5.53. The van der Waals surface area contributed by atoms with Crippen LogP contribution in [0.3, 0.4) is 0 Å². The van der Waals surface area contributed by atoms with Crippen molar-refractivity contribution in [2.45, 2.75) is 31.4 Å². The number of nitrogens with zero attached hydrogens (tertiary/aromatic N) is 4. The van der Waals surface area contributed by atoms with Gasteiger partial charge in [-0.3, -0.25) is 19.3 Å². The molecule has 2 amide bonds. The smallest absolute Gasteiger partial charge is 0.352 e. The van der Waals surface area contributed by atoms with Crippen LogP contribution in [-0.2, 0) is 19.2 Å². The molecule has 6 N–H and O–H groups in total. The van der Waals surface area contributed by atoms with Crippen molar-refractivity contribution in [2.24, 2.45) is 11.1 Å². The zero-order chi connectivity index (χ0) is 27.0. The standard InChI is InChI=1S/C21H22N6O8S2/c1-8(2)16(11-5-12(28)13(29)6-26(11)34)35-25-14(9-7-37-21(22)23-9)17(30)24-15-18(31)27-10(20(32)33)3-4-36-19(15)27/h3,5-8,15-16,19,29,34H,4H2,1-2H3,(H2,22,23)(H,24,30)(H,32,33)/b25-14-/t15-,16?,19-/m1/s1. The number of amides is 2. The number of fused-ring (bicyclic) bond motifs is 1. The van der Waals surface area contributed by atoms with Crippen LogP contribution < -0.4 is 16.5 Å². The number of carboxylic acids is 1. The molecule has 1 fully saturated rings. The van der Waals surface area contributed by atoms with Crippen molar-refractivity contribution in [1.29, 1.82) is 0 Å². The highest BCUT2D eigenvalue weighted by atomic mass is 32.2. The Morgan fingerprint density at radius 3 is 2.70 bits per heavy atom. The predicted molar refractivity (Wildman–Crippen MR) is 132 cm³/mol. The first-order valence-corrected chi connectivity index (χ1v) is 12.7. The average Bonchev–Trinajstić information content (AvgIpc) is 3.27. The zero-order valence-electron chi connectivity index (χ0n) is 19.4. The van der Waals surface area contributed by atoms with Gasteiger partial charge in [-0.05, 0) is 12.0 Å². The number of thioether (sulfide) groups is 1. The number of carbonyl (C=O) groups excluding carboxylic acids is 2. The molecule has 0 spiro atoms. The Bertz CT molecular complexity index is 1380. The normalized spacial score (nSPS) is 20.1. The summed E-state index contributed by atoms with van der Waals surface area (Å²) in [6.07, 6.45) is 1.20. The number of nitrogen functional groups attached to an aromatic ring is 1. The summed E-state index contributed by atoms with van der Waals surface area (Å²) in [5.74, 6) is -3.35. The first-order valence-electron chi connectivity index (χ1n) is 10.8. The number of β-lactam (4-membered cyclic amide) rings is 1. The van der Waals surface area contributed by atoms with E-state index >= 15 is 0 Å². The molecular weight excluding hydrogens is 528 g/mol. The van der Waals surface area contributed by atoms with E-state index in [1.807, 2.05) is 0 Å². The van der Waals surface area contributed by atoms with Gasteiger partial charge in [-0.1, -0.05) is 19.0 Å². The number of pyridine rings is 1. The number of aromatic nitrogens is 2. The largest absolute Gasteiger partial charge is 0.503 e. The molecule has 0 aromatic carbocycles. The second-order valence-corrected chi connectivity index (χ2v) is 10.4. The molecule has 16 heteroatoms. The summed E-state index contributed by atoms with van der Waals surface area (Å²) >= 11 is 2.33. The Morgan fingerprint density at radius 2 is 2.08 bits per heavy atom. The van der Waals surface area contributed by atoms with Gasteiger partial charge in [-0.25, -0.2) is 9.78 Å². The second kappa shape index (κ2) is 10.1. The van der Waals surface area contributed by atoms with Crippen LogP contribution >= 0.6 is 23.1 Å². The van der Waals surface area contributed by atoms with Crippen LogP contribution in [0.15, 0.2) is 39.4 Å². The molecule has 1 unspecified atom stereocenters. The number of aromatic hydroxyl groups is 1. The van der Waals surface area contributed by atoms with Crippen LogP contribution in [0.1, 0.15) is 31.3 Å². The van der Waals surface area contributed by atoms with Gasteiger partial charge in [0.25, 0.3) is 11.8 Å². The van der Waals surface area contributed by atoms with Crippen LogP contribution in [0.25, 0.3) is 0 Å². The number of thiazole rings is 1. The number of hydrogen-bond acceptors (Lipinski definition) is 12. The molecule has 0 aliphatic carbocycles. The van der Waals surface area contributed by atoms with Gasteiger partial charge < -0.3 is 31.3 Å². The fourth-order valence-corrected chi connectivity index (χ4v) is 5.46. The lowest BCUT2D eigenvalue weighted by Crippen LogP contribution is -2.70. The molecule has 2 aromatic rings. The monoisotopic (exact) mass is 550 g/mol. The molecule has 2 aliphatic heterocycles. The first kappa shape index (κ1) is 26.0. The molecule has 37 heavy (non-hydrogen) atoms. The Kier molecular flexibility index (Phi) is 7.13. The van der Waals surface area contributed by atoms with Crippen molar-refractivity contribution in [3.05, 3.63) is 51.0 Å². The van der Waals surface area contributed by atoms with E-state index in [1.54, 1.807) is 13.8 Å². The maximum atomic E-state index is 13.2. The SMILES string of the molecule is CC(C)C(O/N=C(\C(=O)N[C@@H]1C(=O)N2C(C(=O)O)=CCS[C@H]12)c1csc(N)n1)c1cc(=O)c(O)cn1O. The van der Waals surface area contributed by atoms with E-state index < -0.39 is 46.5 Å². The van der Waals surface area contributed by atoms with Gasteiger partial charge in [0.1, 0.15) is 28.5 Å². The van der Waals surface area contributed by atoms with Crippen LogP contribution in [-0.4, -0.2) is 70.7 Å². The summed E-state index contributed by atoms with van der Waals surface area (Å²) in [4.78, 5) is 60.0. The first-order chi connectivity index (χ1) is 17.5. The third kappa shape index (κ3) is 4.97. The molecule has 196 valence electrons. The van der Waals surface area contributed by atoms with E-state index in [1.165, 1.54) is 23.2 Å². The minimum atomic E-state index is -1.24. The van der Waals surface area contributed by atoms with Crippen molar-refractivity contribution in [3.8, 4) is 5.75 Å². The number of aliphatic carboxylic acids is 1. The second-order valence-electron chi connectivity index (χ2n) is 8.35. The third-order valence-corrected chi connectivity index (χ3v) is 7.38. The topological polar surface area (TPSA) is 210 Å². The maximum absolute atomic E-state index is 13.2. The van der Waals surface area contributed by atoms with E-state index in [0.717, 1.165) is 28.5 Å². The number of anilines is 1. The molecule has 4 rings (SSSR count). The Labute approximate surface area is 217 Å². The summed E-state index contributed by atoms with van der Waals surface area (Å²) < 4.78 is 0.521. The van der Waals surface area contributed by atoms with Gasteiger partial charge in [0.2, 0.25) is 5.43 Å². The lowest BCUT2D eigenvalue weighted by atomic mass is 10.0. The van der Waals surface area contributed by atoms with Crippen LogP contribution in [0.2, 0.25) is 0 Å². The molecular formula is C21H22N6O8S2. The number of oxime groups is 1. The van der Waals surface area contributed by atoms with E-state index in [2.05, 4.69) is 15.5 Å². The Hall–Kier alpha value is -4.05. The van der Waals surface area contributed by atoms with Crippen molar-refractivity contribution in [3.63, 3.8) is 0 Å². The van der Waals surface area contributed by atoms with Crippen molar-refractivity contribution in [1.82, 2.24) is 19.9 Å². The summed E-state index contributed by atoms with van der Waals surface area (Å²) in [5, 5.41) is 36.6. The predicted octanol–water partition coefficient (Wildman–Crippen LogP) is 0.316. The Morgan fingerprint density at radius 1 is 1.35 bits per heavy atom. The molecule has 4 heterocycles. The summed E-state index contributed by atoms with van der Waals surface area (Å²) in [7, 11) is 0. The molecule has 2 aromatic heterocycles. The highest BCUT2D eigenvalue weighted by Crippen LogP contribution is 2.37. The van der Waals surface area contributed by atoms with Gasteiger partial charge in [0.05, 0.1) is 6.20 Å². The lowest BCUT2D eigenvalue weighted by Gasteiger charge is -2.48. The van der Waals surface area contributed by atoms with Crippen molar-refractivity contribution < 1.29 is 34.6 Å².